The molecule has 2 rings (SSSR count). The fourth-order valence-electron chi connectivity index (χ4n) is 1.89. The summed E-state index contributed by atoms with van der Waals surface area (Å²) >= 11 is 3.11. The lowest BCUT2D eigenvalue weighted by molar-refractivity contribution is -0.0504. The van der Waals surface area contributed by atoms with Crippen LogP contribution in [0.15, 0.2) is 40.9 Å². The minimum atomic E-state index is -2.87. The molecule has 0 aliphatic rings. The minimum absolute atomic E-state index is 0.124. The third kappa shape index (κ3) is 4.14. The predicted octanol–water partition coefficient (Wildman–Crippen LogP) is 5.11. The first-order valence-electron chi connectivity index (χ1n) is 6.19. The van der Waals surface area contributed by atoms with Crippen LogP contribution in [0.2, 0.25) is 0 Å². The Morgan fingerprint density at radius 3 is 2.67 bits per heavy atom. The van der Waals surface area contributed by atoms with Gasteiger partial charge in [0.2, 0.25) is 0 Å². The Morgan fingerprint density at radius 2 is 1.95 bits per heavy atom. The number of para-hydroxylation sites is 1. The molecule has 21 heavy (non-hydrogen) atoms. The molecule has 0 fully saturated rings. The van der Waals surface area contributed by atoms with E-state index in [1.165, 1.54) is 12.1 Å². The van der Waals surface area contributed by atoms with E-state index in [9.17, 15) is 13.2 Å². The summed E-state index contributed by atoms with van der Waals surface area (Å²) in [6, 6.07) is 9.55. The van der Waals surface area contributed by atoms with Gasteiger partial charge in [-0.05, 0) is 46.6 Å². The Hall–Kier alpha value is -1.69. The summed E-state index contributed by atoms with van der Waals surface area (Å²) in [5, 5.41) is 3.09. The molecule has 0 aliphatic heterocycles. The van der Waals surface area contributed by atoms with Gasteiger partial charge in [-0.2, -0.15) is 8.78 Å². The number of nitrogens with one attached hydrogen (secondary N) is 1. The van der Waals surface area contributed by atoms with E-state index in [0.717, 1.165) is 11.3 Å². The Labute approximate surface area is 129 Å². The van der Waals surface area contributed by atoms with Gasteiger partial charge in [0.25, 0.3) is 0 Å². The normalized spacial score (nSPS) is 10.8. The molecule has 112 valence electrons. The summed E-state index contributed by atoms with van der Waals surface area (Å²) in [6.45, 7) is -0.811. The van der Waals surface area contributed by atoms with Crippen molar-refractivity contribution < 1.29 is 17.9 Å². The summed E-state index contributed by atoms with van der Waals surface area (Å²) in [6.07, 6.45) is 0. The maximum Gasteiger partial charge on any atom is 0.387 e. The lowest BCUT2D eigenvalue weighted by Gasteiger charge is -2.14. The predicted molar refractivity (Wildman–Crippen MR) is 79.2 cm³/mol. The van der Waals surface area contributed by atoms with E-state index in [1.54, 1.807) is 31.2 Å². The van der Waals surface area contributed by atoms with Crippen molar-refractivity contribution in [2.24, 2.45) is 0 Å². The van der Waals surface area contributed by atoms with Crippen LogP contribution in [0, 0.1) is 12.7 Å². The third-order valence-electron chi connectivity index (χ3n) is 2.93. The molecule has 0 saturated heterocycles. The number of benzene rings is 2. The van der Waals surface area contributed by atoms with Crippen LogP contribution < -0.4 is 10.1 Å². The second kappa shape index (κ2) is 6.85. The summed E-state index contributed by atoms with van der Waals surface area (Å²) in [7, 11) is 0. The van der Waals surface area contributed by atoms with Gasteiger partial charge in [0.05, 0.1) is 4.47 Å². The smallest absolute Gasteiger partial charge is 0.387 e. The highest BCUT2D eigenvalue weighted by Gasteiger charge is 2.10. The van der Waals surface area contributed by atoms with Crippen molar-refractivity contribution >= 4 is 21.6 Å². The molecule has 0 unspecified atom stereocenters. The molecule has 2 aromatic carbocycles. The van der Waals surface area contributed by atoms with Gasteiger partial charge in [-0.25, -0.2) is 4.39 Å². The fraction of sp³-hybridized carbons (Fsp3) is 0.200. The van der Waals surface area contributed by atoms with E-state index in [4.69, 9.17) is 0 Å². The molecule has 0 radical (unpaired) electrons. The number of ether oxygens (including phenoxy) is 1. The van der Waals surface area contributed by atoms with Gasteiger partial charge in [-0.3, -0.25) is 0 Å². The first-order chi connectivity index (χ1) is 9.97. The highest BCUT2D eigenvalue weighted by atomic mass is 79.9. The minimum Gasteiger partial charge on any atom is -0.434 e. The summed E-state index contributed by atoms with van der Waals surface area (Å²) in [4.78, 5) is 0. The van der Waals surface area contributed by atoms with Crippen LogP contribution in [0.25, 0.3) is 0 Å². The molecule has 0 aromatic heterocycles. The van der Waals surface area contributed by atoms with Crippen LogP contribution in [-0.2, 0) is 6.54 Å². The van der Waals surface area contributed by atoms with Crippen molar-refractivity contribution in [2.75, 3.05) is 5.32 Å². The SMILES string of the molecule is Cc1cc(F)c(Br)cc1NCc1ccccc1OC(F)F. The summed E-state index contributed by atoms with van der Waals surface area (Å²) in [5.74, 6) is -0.224. The zero-order chi connectivity index (χ0) is 15.4. The second-order valence-corrected chi connectivity index (χ2v) is 5.28. The van der Waals surface area contributed by atoms with Crippen LogP contribution in [0.4, 0.5) is 18.9 Å². The molecule has 0 saturated carbocycles. The number of anilines is 1. The molecule has 0 aliphatic carbocycles. The molecule has 0 amide bonds. The second-order valence-electron chi connectivity index (χ2n) is 4.42. The lowest BCUT2D eigenvalue weighted by atomic mass is 10.1. The van der Waals surface area contributed by atoms with E-state index in [1.807, 2.05) is 0 Å². The van der Waals surface area contributed by atoms with E-state index >= 15 is 0 Å². The topological polar surface area (TPSA) is 21.3 Å². The molecule has 2 nitrogen and oxygen atoms in total. The third-order valence-corrected chi connectivity index (χ3v) is 3.53. The first-order valence-corrected chi connectivity index (χ1v) is 6.99. The van der Waals surface area contributed by atoms with Crippen molar-refractivity contribution in [1.82, 2.24) is 0 Å². The molecule has 6 heteroatoms. The van der Waals surface area contributed by atoms with Gasteiger partial charge in [0.1, 0.15) is 11.6 Å². The molecule has 0 atom stereocenters. The van der Waals surface area contributed by atoms with Crippen molar-refractivity contribution in [3.63, 3.8) is 0 Å². The molecule has 1 N–H and O–H groups in total. The maximum atomic E-state index is 13.4. The van der Waals surface area contributed by atoms with Crippen molar-refractivity contribution in [3.05, 3.63) is 57.8 Å². The Kier molecular flexibility index (Phi) is 5.12. The molecule has 0 spiro atoms. The molecule has 0 heterocycles. The largest absolute Gasteiger partial charge is 0.434 e. The Morgan fingerprint density at radius 1 is 1.24 bits per heavy atom. The highest BCUT2D eigenvalue weighted by Crippen LogP contribution is 2.26. The number of halogens is 4. The molecular formula is C15H13BrF3NO. The van der Waals surface area contributed by atoms with E-state index < -0.39 is 6.61 Å². The van der Waals surface area contributed by atoms with Gasteiger partial charge in [-0.15, -0.1) is 0 Å². The van der Waals surface area contributed by atoms with E-state index in [0.29, 0.717) is 16.6 Å². The van der Waals surface area contributed by atoms with Crippen LogP contribution in [0.5, 0.6) is 5.75 Å². The number of hydrogen-bond acceptors (Lipinski definition) is 2. The van der Waals surface area contributed by atoms with Crippen LogP contribution in [0.1, 0.15) is 11.1 Å². The number of alkyl halides is 2. The monoisotopic (exact) mass is 359 g/mol. The average molecular weight is 360 g/mol. The summed E-state index contributed by atoms with van der Waals surface area (Å²) < 4.78 is 42.8. The molecule has 0 bridgehead atoms. The van der Waals surface area contributed by atoms with Gasteiger partial charge in [0.15, 0.2) is 0 Å². The maximum absolute atomic E-state index is 13.4. The quantitative estimate of drug-likeness (QED) is 0.800. The zero-order valence-corrected chi connectivity index (χ0v) is 12.8. The number of rotatable bonds is 5. The van der Waals surface area contributed by atoms with Crippen LogP contribution >= 0.6 is 15.9 Å². The average Bonchev–Trinajstić information content (AvgIpc) is 2.42. The zero-order valence-electron chi connectivity index (χ0n) is 11.2. The fourth-order valence-corrected chi connectivity index (χ4v) is 2.23. The van der Waals surface area contributed by atoms with E-state index in [2.05, 4.69) is 26.0 Å². The molecular weight excluding hydrogens is 347 g/mol. The van der Waals surface area contributed by atoms with Gasteiger partial charge in [-0.1, -0.05) is 18.2 Å². The standard InChI is InChI=1S/C15H13BrF3NO/c1-9-6-12(17)11(16)7-13(9)20-8-10-4-2-3-5-14(10)21-15(18)19/h2-7,15,20H,8H2,1H3. The number of hydrogen-bond donors (Lipinski definition) is 1. The first kappa shape index (κ1) is 15.7. The molecule has 2 aromatic rings. The Bertz CT molecular complexity index is 634. The van der Waals surface area contributed by atoms with Gasteiger partial charge >= 0.3 is 6.61 Å². The van der Waals surface area contributed by atoms with Crippen molar-refractivity contribution in [1.29, 1.82) is 0 Å². The van der Waals surface area contributed by atoms with Crippen molar-refractivity contribution in [2.45, 2.75) is 20.1 Å². The van der Waals surface area contributed by atoms with Gasteiger partial charge < -0.3 is 10.1 Å². The lowest BCUT2D eigenvalue weighted by Crippen LogP contribution is -2.07. The van der Waals surface area contributed by atoms with Crippen molar-refractivity contribution in [3.8, 4) is 5.75 Å². The Balaban J connectivity index is 2.15. The van der Waals surface area contributed by atoms with E-state index in [-0.39, 0.29) is 11.6 Å². The summed E-state index contributed by atoms with van der Waals surface area (Å²) in [5.41, 5.74) is 2.04. The van der Waals surface area contributed by atoms with Gasteiger partial charge in [0, 0.05) is 17.8 Å². The number of aryl methyl sites for hydroxylation is 1. The van der Waals surface area contributed by atoms with Crippen LogP contribution in [0.3, 0.4) is 0 Å². The van der Waals surface area contributed by atoms with Crippen LogP contribution in [-0.4, -0.2) is 6.61 Å². The highest BCUT2D eigenvalue weighted by molar-refractivity contribution is 9.10.